The van der Waals surface area contributed by atoms with Crippen molar-refractivity contribution < 1.29 is 18.9 Å². The summed E-state index contributed by atoms with van der Waals surface area (Å²) < 4.78 is 0. The Balaban J connectivity index is -0.0000000400. The predicted molar refractivity (Wildman–Crippen MR) is 35.1 cm³/mol. The number of alkyl halides is 1. The Morgan fingerprint density at radius 3 is 1.43 bits per heavy atom. The summed E-state index contributed by atoms with van der Waals surface area (Å²) in [6.07, 6.45) is 2.00. The van der Waals surface area contributed by atoms with Crippen molar-refractivity contribution in [2.45, 2.75) is 20.8 Å². The zero-order valence-electron chi connectivity index (χ0n) is 5.66. The molecule has 0 atom stereocenters. The molecule has 0 N–H and O–H groups in total. The van der Waals surface area contributed by atoms with Crippen LogP contribution in [0.4, 0.5) is 0 Å². The summed E-state index contributed by atoms with van der Waals surface area (Å²) in [5.41, 5.74) is 0. The Kier molecular flexibility index (Phi) is 61.9. The van der Waals surface area contributed by atoms with Gasteiger partial charge in [-0.05, 0) is 0 Å². The van der Waals surface area contributed by atoms with E-state index in [1.54, 1.807) is 0 Å². The first-order valence-corrected chi connectivity index (χ1v) is 3.25. The normalized spacial score (nSPS) is 5.14. The fourth-order valence-electron chi connectivity index (χ4n) is 0. The second-order valence-corrected chi connectivity index (χ2v) is 1.97. The molecule has 0 aromatic rings. The van der Waals surface area contributed by atoms with Crippen LogP contribution >= 0.6 is 15.9 Å². The van der Waals surface area contributed by atoms with Gasteiger partial charge in [0.25, 0.3) is 0 Å². The van der Waals surface area contributed by atoms with E-state index in [0.717, 1.165) is 5.33 Å². The van der Waals surface area contributed by atoms with Crippen molar-refractivity contribution in [1.82, 2.24) is 0 Å². The third-order valence-corrected chi connectivity index (χ3v) is 0. The van der Waals surface area contributed by atoms with Crippen molar-refractivity contribution in [3.63, 3.8) is 0 Å². The maximum atomic E-state index is 3.15. The van der Waals surface area contributed by atoms with Crippen LogP contribution in [-0.2, 0) is 0 Å². The van der Waals surface area contributed by atoms with E-state index in [2.05, 4.69) is 15.9 Å². The topological polar surface area (TPSA) is 0 Å². The number of hydrogen-bond acceptors (Lipinski definition) is 0. The largest absolute Gasteiger partial charge is 1.00 e. The van der Waals surface area contributed by atoms with Crippen molar-refractivity contribution in [1.29, 1.82) is 0 Å². The molecule has 0 spiro atoms. The van der Waals surface area contributed by atoms with Gasteiger partial charge in [-0.25, -0.2) is 0 Å². The first-order chi connectivity index (χ1) is 2.83. The van der Waals surface area contributed by atoms with Gasteiger partial charge < -0.3 is 6.42 Å². The quantitative estimate of drug-likeness (QED) is 0.257. The van der Waals surface area contributed by atoms with Crippen LogP contribution in [0.15, 0.2) is 0 Å². The molecule has 0 fully saturated rings. The van der Waals surface area contributed by atoms with Gasteiger partial charge in [0.1, 0.15) is 0 Å². The average Bonchev–Trinajstić information content (AvgIpc) is 1.39. The monoisotopic (exact) mass is 158 g/mol. The molecule has 0 bridgehead atoms. The SMILES string of the molecule is CCBr.C[CH-]C.[Li+]. The van der Waals surface area contributed by atoms with Gasteiger partial charge in [0, 0.05) is 5.33 Å². The third-order valence-electron chi connectivity index (χ3n) is 0. The first kappa shape index (κ1) is 15.7. The fourth-order valence-corrected chi connectivity index (χ4v) is 0. The number of hydrogen-bond donors (Lipinski definition) is 0. The van der Waals surface area contributed by atoms with E-state index in [-0.39, 0.29) is 18.9 Å². The van der Waals surface area contributed by atoms with Crippen LogP contribution in [0.25, 0.3) is 0 Å². The van der Waals surface area contributed by atoms with E-state index >= 15 is 0 Å². The van der Waals surface area contributed by atoms with Crippen molar-refractivity contribution in [3.8, 4) is 0 Å². The zero-order valence-corrected chi connectivity index (χ0v) is 7.25. The average molecular weight is 159 g/mol. The molecule has 0 heterocycles. The minimum Gasteiger partial charge on any atom is -0.335 e. The summed E-state index contributed by atoms with van der Waals surface area (Å²) in [6.45, 7) is 6.04. The molecule has 0 aliphatic heterocycles. The number of rotatable bonds is 0. The maximum Gasteiger partial charge on any atom is 1.00 e. The van der Waals surface area contributed by atoms with Gasteiger partial charge in [-0.2, -0.15) is 13.8 Å². The van der Waals surface area contributed by atoms with E-state index in [0.29, 0.717) is 0 Å². The molecule has 0 aromatic carbocycles. The van der Waals surface area contributed by atoms with Gasteiger partial charge in [0.2, 0.25) is 0 Å². The third kappa shape index (κ3) is 157. The van der Waals surface area contributed by atoms with E-state index < -0.39 is 0 Å². The molecule has 0 radical (unpaired) electrons. The van der Waals surface area contributed by atoms with Crippen molar-refractivity contribution in [2.24, 2.45) is 0 Å². The minimum atomic E-state index is 0. The standard InChI is InChI=1S/C3H7.C2H5Br.Li/c1-3-2;1-2-3;/h3H,1-2H3;2H2,1H3;/q-1;;+1. The second kappa shape index (κ2) is 27.6. The van der Waals surface area contributed by atoms with Crippen LogP contribution in [0.3, 0.4) is 0 Å². The van der Waals surface area contributed by atoms with Crippen LogP contribution in [0, 0.1) is 6.42 Å². The molecule has 0 saturated carbocycles. The first-order valence-electron chi connectivity index (χ1n) is 2.13. The Hall–Kier alpha value is 1.08. The van der Waals surface area contributed by atoms with E-state index in [9.17, 15) is 0 Å². The molecular formula is C5H12BrLi. The minimum absolute atomic E-state index is 0. The molecule has 2 heteroatoms. The Morgan fingerprint density at radius 2 is 1.43 bits per heavy atom. The van der Waals surface area contributed by atoms with Crippen LogP contribution in [-0.4, -0.2) is 5.33 Å². The van der Waals surface area contributed by atoms with Crippen molar-refractivity contribution in [2.75, 3.05) is 5.33 Å². The summed E-state index contributed by atoms with van der Waals surface area (Å²) in [4.78, 5) is 0. The number of halogens is 1. The Bertz CT molecular complexity index is 10.0. The van der Waals surface area contributed by atoms with Crippen LogP contribution < -0.4 is 18.9 Å². The molecule has 0 unspecified atom stereocenters. The molecule has 0 nitrogen and oxygen atoms in total. The van der Waals surface area contributed by atoms with E-state index in [1.807, 2.05) is 27.2 Å². The Labute approximate surface area is 67.4 Å². The van der Waals surface area contributed by atoms with Crippen LogP contribution in [0.1, 0.15) is 20.8 Å². The molecule has 0 aliphatic carbocycles. The molecule has 40 valence electrons. The molecule has 0 amide bonds. The van der Waals surface area contributed by atoms with E-state index in [1.165, 1.54) is 0 Å². The van der Waals surface area contributed by atoms with Crippen molar-refractivity contribution >= 4 is 15.9 Å². The summed E-state index contributed by atoms with van der Waals surface area (Å²) in [7, 11) is 0. The maximum absolute atomic E-state index is 3.15. The van der Waals surface area contributed by atoms with Gasteiger partial charge in [0.05, 0.1) is 0 Å². The zero-order chi connectivity index (χ0) is 5.41. The molecule has 0 saturated heterocycles. The summed E-state index contributed by atoms with van der Waals surface area (Å²) in [5, 5.41) is 1.06. The van der Waals surface area contributed by atoms with E-state index in [4.69, 9.17) is 0 Å². The predicted octanol–water partition coefficient (Wildman–Crippen LogP) is -0.364. The van der Waals surface area contributed by atoms with Gasteiger partial charge in [-0.3, -0.25) is 0 Å². The molecule has 7 heavy (non-hydrogen) atoms. The Morgan fingerprint density at radius 1 is 1.43 bits per heavy atom. The van der Waals surface area contributed by atoms with Crippen molar-refractivity contribution in [3.05, 3.63) is 6.42 Å². The summed E-state index contributed by atoms with van der Waals surface area (Å²) >= 11 is 3.15. The smallest absolute Gasteiger partial charge is 0.335 e. The van der Waals surface area contributed by atoms with Gasteiger partial charge in [-0.1, -0.05) is 22.9 Å². The van der Waals surface area contributed by atoms with Gasteiger partial charge >= 0.3 is 18.9 Å². The fraction of sp³-hybridized carbons (Fsp3) is 0.800. The summed E-state index contributed by atoms with van der Waals surface area (Å²) in [5.74, 6) is 0. The van der Waals surface area contributed by atoms with Crippen LogP contribution in [0.2, 0.25) is 0 Å². The molecular weight excluding hydrogens is 147 g/mol. The summed E-state index contributed by atoms with van der Waals surface area (Å²) in [6, 6.07) is 0. The molecule has 0 rings (SSSR count). The second-order valence-electron chi connectivity index (χ2n) is 0.845. The molecule has 0 aliphatic rings. The van der Waals surface area contributed by atoms with Gasteiger partial charge in [-0.15, -0.1) is 0 Å². The van der Waals surface area contributed by atoms with Gasteiger partial charge in [0.15, 0.2) is 0 Å². The van der Waals surface area contributed by atoms with Crippen LogP contribution in [0.5, 0.6) is 0 Å². The molecule has 0 aromatic heterocycles.